The number of halogens is 2. The lowest BCUT2D eigenvalue weighted by atomic mass is 10.2. The molecule has 1 aromatic heterocycles. The molecule has 0 atom stereocenters. The molecular formula is C16H14ClIN2O. The van der Waals surface area contributed by atoms with Gasteiger partial charge in [-0.1, -0.05) is 12.1 Å². The van der Waals surface area contributed by atoms with Crippen LogP contribution in [0.5, 0.6) is 5.75 Å². The van der Waals surface area contributed by atoms with E-state index in [4.69, 9.17) is 21.3 Å². The van der Waals surface area contributed by atoms with Crippen LogP contribution in [0.1, 0.15) is 5.82 Å². The van der Waals surface area contributed by atoms with Gasteiger partial charge in [0, 0.05) is 15.9 Å². The average molecular weight is 413 g/mol. The van der Waals surface area contributed by atoms with Gasteiger partial charge in [-0.05, 0) is 52.9 Å². The summed E-state index contributed by atoms with van der Waals surface area (Å²) in [7, 11) is 1.68. The molecule has 108 valence electrons. The smallest absolute Gasteiger partial charge is 0.142 e. The van der Waals surface area contributed by atoms with E-state index < -0.39 is 0 Å². The summed E-state index contributed by atoms with van der Waals surface area (Å²) in [5.74, 6) is 2.31. The van der Waals surface area contributed by atoms with Crippen LogP contribution >= 0.6 is 34.2 Å². The Kier molecular flexibility index (Phi) is 4.35. The first kappa shape index (κ1) is 14.7. The van der Waals surface area contributed by atoms with Gasteiger partial charge in [0.1, 0.15) is 11.6 Å². The van der Waals surface area contributed by atoms with Gasteiger partial charge in [-0.2, -0.15) is 0 Å². The lowest BCUT2D eigenvalue weighted by Gasteiger charge is -2.12. The first-order chi connectivity index (χ1) is 10.2. The molecule has 0 aliphatic rings. The van der Waals surface area contributed by atoms with Crippen molar-refractivity contribution < 1.29 is 4.74 Å². The maximum Gasteiger partial charge on any atom is 0.142 e. The van der Waals surface area contributed by atoms with Crippen molar-refractivity contribution in [2.24, 2.45) is 0 Å². The van der Waals surface area contributed by atoms with Crippen molar-refractivity contribution in [2.45, 2.75) is 6.42 Å². The SMILES string of the molecule is COc1ccccc1-n1c(CCCl)nc2cc(I)ccc21. The van der Waals surface area contributed by atoms with Gasteiger partial charge < -0.3 is 4.74 Å². The number of hydrogen-bond donors (Lipinski definition) is 0. The second kappa shape index (κ2) is 6.23. The summed E-state index contributed by atoms with van der Waals surface area (Å²) in [6.45, 7) is 0. The highest BCUT2D eigenvalue weighted by molar-refractivity contribution is 14.1. The van der Waals surface area contributed by atoms with Gasteiger partial charge in [-0.15, -0.1) is 11.6 Å². The second-order valence-electron chi connectivity index (χ2n) is 4.61. The normalized spacial score (nSPS) is 11.0. The van der Waals surface area contributed by atoms with Crippen LogP contribution in [0.4, 0.5) is 0 Å². The molecule has 0 spiro atoms. The molecule has 0 N–H and O–H groups in total. The zero-order valence-corrected chi connectivity index (χ0v) is 14.4. The van der Waals surface area contributed by atoms with Gasteiger partial charge in [0.25, 0.3) is 0 Å². The van der Waals surface area contributed by atoms with Gasteiger partial charge in [-0.25, -0.2) is 4.98 Å². The highest BCUT2D eigenvalue weighted by Crippen LogP contribution is 2.29. The molecule has 21 heavy (non-hydrogen) atoms. The summed E-state index contributed by atoms with van der Waals surface area (Å²) >= 11 is 8.24. The Balaban J connectivity index is 2.31. The number of para-hydroxylation sites is 2. The van der Waals surface area contributed by atoms with E-state index in [1.165, 1.54) is 3.57 Å². The number of nitrogens with zero attached hydrogens (tertiary/aromatic N) is 2. The van der Waals surface area contributed by atoms with E-state index in [1.807, 2.05) is 24.3 Å². The third-order valence-electron chi connectivity index (χ3n) is 3.33. The number of imidazole rings is 1. The van der Waals surface area contributed by atoms with Gasteiger partial charge in [0.15, 0.2) is 0 Å². The number of rotatable bonds is 4. The van der Waals surface area contributed by atoms with E-state index in [-0.39, 0.29) is 0 Å². The quantitative estimate of drug-likeness (QED) is 0.468. The van der Waals surface area contributed by atoms with Crippen LogP contribution in [-0.4, -0.2) is 22.5 Å². The Labute approximate surface area is 142 Å². The Morgan fingerprint density at radius 2 is 2.05 bits per heavy atom. The fourth-order valence-electron chi connectivity index (χ4n) is 2.44. The van der Waals surface area contributed by atoms with Crippen LogP contribution in [-0.2, 0) is 6.42 Å². The zero-order chi connectivity index (χ0) is 14.8. The van der Waals surface area contributed by atoms with Crippen LogP contribution in [0.2, 0.25) is 0 Å². The highest BCUT2D eigenvalue weighted by Gasteiger charge is 2.15. The number of benzene rings is 2. The molecular weight excluding hydrogens is 399 g/mol. The lowest BCUT2D eigenvalue weighted by Crippen LogP contribution is -2.04. The molecule has 0 saturated carbocycles. The largest absolute Gasteiger partial charge is 0.495 e. The third kappa shape index (κ3) is 2.74. The topological polar surface area (TPSA) is 27.1 Å². The summed E-state index contributed by atoms with van der Waals surface area (Å²) in [6.07, 6.45) is 0.713. The summed E-state index contributed by atoms with van der Waals surface area (Å²) < 4.78 is 8.79. The lowest BCUT2D eigenvalue weighted by molar-refractivity contribution is 0.413. The number of methoxy groups -OCH3 is 1. The van der Waals surface area contributed by atoms with Crippen molar-refractivity contribution in [3.63, 3.8) is 0 Å². The predicted octanol–water partition coefficient (Wildman–Crippen LogP) is 4.42. The molecule has 0 fully saturated rings. The van der Waals surface area contributed by atoms with Crippen LogP contribution in [0.15, 0.2) is 42.5 Å². The van der Waals surface area contributed by atoms with Crippen LogP contribution in [0.3, 0.4) is 0 Å². The number of fused-ring (bicyclic) bond motifs is 1. The predicted molar refractivity (Wildman–Crippen MR) is 94.8 cm³/mol. The molecule has 3 nitrogen and oxygen atoms in total. The minimum absolute atomic E-state index is 0.537. The molecule has 3 rings (SSSR count). The minimum atomic E-state index is 0.537. The molecule has 2 aromatic carbocycles. The molecule has 3 aromatic rings. The first-order valence-electron chi connectivity index (χ1n) is 6.61. The van der Waals surface area contributed by atoms with E-state index >= 15 is 0 Å². The molecule has 0 aliphatic heterocycles. The minimum Gasteiger partial charge on any atom is -0.495 e. The van der Waals surface area contributed by atoms with Crippen molar-refractivity contribution in [3.05, 3.63) is 51.9 Å². The van der Waals surface area contributed by atoms with Gasteiger partial charge in [0.2, 0.25) is 0 Å². The van der Waals surface area contributed by atoms with E-state index in [0.29, 0.717) is 12.3 Å². The van der Waals surface area contributed by atoms with Gasteiger partial charge in [-0.3, -0.25) is 4.57 Å². The Morgan fingerprint density at radius 3 is 2.81 bits per heavy atom. The van der Waals surface area contributed by atoms with E-state index in [2.05, 4.69) is 45.4 Å². The van der Waals surface area contributed by atoms with Crippen LogP contribution in [0.25, 0.3) is 16.7 Å². The van der Waals surface area contributed by atoms with Crippen LogP contribution in [0, 0.1) is 3.57 Å². The van der Waals surface area contributed by atoms with Crippen molar-refractivity contribution in [2.75, 3.05) is 13.0 Å². The molecule has 0 amide bonds. The number of hydrogen-bond acceptors (Lipinski definition) is 2. The van der Waals surface area contributed by atoms with E-state index in [1.54, 1.807) is 7.11 Å². The van der Waals surface area contributed by atoms with E-state index in [0.717, 1.165) is 28.3 Å². The standard InChI is InChI=1S/C16H14ClIN2O/c1-21-15-5-3-2-4-14(15)20-13-7-6-11(18)10-12(13)19-16(20)8-9-17/h2-7,10H,8-9H2,1H3. The second-order valence-corrected chi connectivity index (χ2v) is 6.23. The Bertz CT molecular complexity index is 785. The fraction of sp³-hybridized carbons (Fsp3) is 0.188. The maximum absolute atomic E-state index is 5.94. The van der Waals surface area contributed by atoms with Crippen molar-refractivity contribution in [3.8, 4) is 11.4 Å². The number of aromatic nitrogens is 2. The van der Waals surface area contributed by atoms with Gasteiger partial charge >= 0.3 is 0 Å². The number of alkyl halides is 1. The molecule has 0 unspecified atom stereocenters. The zero-order valence-electron chi connectivity index (χ0n) is 11.5. The number of aryl methyl sites for hydroxylation is 1. The monoisotopic (exact) mass is 412 g/mol. The van der Waals surface area contributed by atoms with Crippen molar-refractivity contribution >= 4 is 45.2 Å². The van der Waals surface area contributed by atoms with Crippen LogP contribution < -0.4 is 4.74 Å². The fourth-order valence-corrected chi connectivity index (χ4v) is 3.08. The molecule has 1 heterocycles. The molecule has 0 aliphatic carbocycles. The van der Waals surface area contributed by atoms with Crippen molar-refractivity contribution in [1.82, 2.24) is 9.55 Å². The molecule has 0 radical (unpaired) electrons. The van der Waals surface area contributed by atoms with E-state index in [9.17, 15) is 0 Å². The van der Waals surface area contributed by atoms with Gasteiger partial charge in [0.05, 0.1) is 23.8 Å². The maximum atomic E-state index is 5.94. The molecule has 0 bridgehead atoms. The summed E-state index contributed by atoms with van der Waals surface area (Å²) in [5.41, 5.74) is 3.04. The average Bonchev–Trinajstić information content (AvgIpc) is 2.84. The molecule has 0 saturated heterocycles. The Morgan fingerprint density at radius 1 is 1.24 bits per heavy atom. The van der Waals surface area contributed by atoms with Crippen molar-refractivity contribution in [1.29, 1.82) is 0 Å². The number of ether oxygens (including phenoxy) is 1. The molecule has 5 heteroatoms. The summed E-state index contributed by atoms with van der Waals surface area (Å²) in [5, 5.41) is 0. The summed E-state index contributed by atoms with van der Waals surface area (Å²) in [6, 6.07) is 14.2. The Hall–Kier alpha value is -1.27. The third-order valence-corrected chi connectivity index (χ3v) is 4.19. The first-order valence-corrected chi connectivity index (χ1v) is 8.22. The summed E-state index contributed by atoms with van der Waals surface area (Å²) in [4.78, 5) is 4.73. The highest BCUT2D eigenvalue weighted by atomic mass is 127.